The van der Waals surface area contributed by atoms with Gasteiger partial charge < -0.3 is 23.8 Å². The third-order valence-corrected chi connectivity index (χ3v) is 6.98. The van der Waals surface area contributed by atoms with Gasteiger partial charge in [-0.3, -0.25) is 9.48 Å². The van der Waals surface area contributed by atoms with Gasteiger partial charge in [0.1, 0.15) is 12.3 Å². The van der Waals surface area contributed by atoms with E-state index in [0.717, 1.165) is 58.6 Å². The fourth-order valence-corrected chi connectivity index (χ4v) is 4.97. The second-order valence-electron chi connectivity index (χ2n) is 9.69. The molecular formula is C30H34N4O5. The number of hydrogen-bond acceptors (Lipinski definition) is 7. The van der Waals surface area contributed by atoms with Crippen molar-refractivity contribution >= 4 is 16.8 Å². The van der Waals surface area contributed by atoms with Crippen molar-refractivity contribution in [2.45, 2.75) is 39.0 Å². The first-order valence-corrected chi connectivity index (χ1v) is 13.1. The Hall–Kier alpha value is -4.11. The van der Waals surface area contributed by atoms with Crippen molar-refractivity contribution in [2.75, 3.05) is 34.5 Å². The van der Waals surface area contributed by atoms with E-state index >= 15 is 0 Å². The van der Waals surface area contributed by atoms with E-state index < -0.39 is 0 Å². The zero-order chi connectivity index (χ0) is 27.4. The molecule has 1 fully saturated rings. The number of rotatable bonds is 10. The number of aryl methyl sites for hydroxylation is 1. The fraction of sp³-hybridized carbons (Fsp3) is 0.367. The molecule has 0 aliphatic carbocycles. The second-order valence-corrected chi connectivity index (χ2v) is 9.69. The van der Waals surface area contributed by atoms with Crippen LogP contribution in [0.4, 0.5) is 0 Å². The number of aromatic nitrogens is 3. The topological polar surface area (TPSA) is 87.9 Å². The first-order valence-electron chi connectivity index (χ1n) is 13.1. The predicted molar refractivity (Wildman–Crippen MR) is 148 cm³/mol. The Morgan fingerprint density at radius 2 is 1.90 bits per heavy atom. The van der Waals surface area contributed by atoms with Crippen LogP contribution < -0.4 is 14.2 Å². The molecule has 1 atom stereocenters. The average molecular weight is 531 g/mol. The third-order valence-electron chi connectivity index (χ3n) is 6.98. The molecule has 0 unspecified atom stereocenters. The van der Waals surface area contributed by atoms with Gasteiger partial charge in [0.25, 0.3) is 0 Å². The molecule has 1 aliphatic heterocycles. The Labute approximate surface area is 228 Å². The van der Waals surface area contributed by atoms with Crippen molar-refractivity contribution in [3.63, 3.8) is 0 Å². The molecule has 2 aromatic carbocycles. The minimum Gasteiger partial charge on any atom is -0.497 e. The lowest BCUT2D eigenvalue weighted by Crippen LogP contribution is -2.39. The molecular weight excluding hydrogens is 496 g/mol. The van der Waals surface area contributed by atoms with E-state index in [-0.39, 0.29) is 18.6 Å². The molecule has 1 amide bonds. The van der Waals surface area contributed by atoms with E-state index in [1.54, 1.807) is 26.0 Å². The Balaban J connectivity index is 1.58. The maximum absolute atomic E-state index is 13.6. The molecule has 4 aromatic rings. The Kier molecular flexibility index (Phi) is 7.97. The monoisotopic (exact) mass is 530 g/mol. The highest BCUT2D eigenvalue weighted by Crippen LogP contribution is 2.35. The summed E-state index contributed by atoms with van der Waals surface area (Å²) >= 11 is 0. The maximum Gasteiger partial charge on any atom is 0.244 e. The summed E-state index contributed by atoms with van der Waals surface area (Å²) in [5.74, 6) is 1.92. The first kappa shape index (κ1) is 26.5. The van der Waals surface area contributed by atoms with Crippen molar-refractivity contribution in [3.8, 4) is 28.5 Å². The second kappa shape index (κ2) is 11.7. The zero-order valence-electron chi connectivity index (χ0n) is 22.8. The van der Waals surface area contributed by atoms with E-state index in [2.05, 4.69) is 11.2 Å². The lowest BCUT2D eigenvalue weighted by molar-refractivity contribution is -0.134. The van der Waals surface area contributed by atoms with Crippen LogP contribution in [0.1, 0.15) is 24.1 Å². The molecule has 0 spiro atoms. The lowest BCUT2D eigenvalue weighted by atomic mass is 10.0. The lowest BCUT2D eigenvalue weighted by Gasteiger charge is -2.27. The summed E-state index contributed by atoms with van der Waals surface area (Å²) in [5.41, 5.74) is 4.21. The van der Waals surface area contributed by atoms with E-state index in [4.69, 9.17) is 23.9 Å². The summed E-state index contributed by atoms with van der Waals surface area (Å²) < 4.78 is 24.2. The summed E-state index contributed by atoms with van der Waals surface area (Å²) in [6.45, 7) is 3.65. The molecule has 1 saturated heterocycles. The van der Waals surface area contributed by atoms with Crippen LogP contribution in [0.5, 0.6) is 17.2 Å². The largest absolute Gasteiger partial charge is 0.497 e. The molecule has 0 bridgehead atoms. The first-order chi connectivity index (χ1) is 19.0. The molecule has 0 N–H and O–H groups in total. The number of ether oxygens (including phenoxy) is 4. The molecule has 0 radical (unpaired) electrons. The number of nitrogens with zero attached hydrogens (tertiary/aromatic N) is 4. The SMILES string of the molecule is COc1cccc(-c2nc3cc(OC)c(OC)cc3cc2CN(C[C@@H]2CCCO2)C(=O)Cn2ccc(C)n2)c1. The molecule has 9 nitrogen and oxygen atoms in total. The van der Waals surface area contributed by atoms with Gasteiger partial charge in [0.2, 0.25) is 5.91 Å². The molecule has 1 aliphatic rings. The minimum atomic E-state index is -0.0300. The van der Waals surface area contributed by atoms with Crippen molar-refractivity contribution in [1.29, 1.82) is 0 Å². The summed E-state index contributed by atoms with van der Waals surface area (Å²) in [5, 5.41) is 5.31. The van der Waals surface area contributed by atoms with E-state index in [1.807, 2.05) is 60.5 Å². The zero-order valence-corrected chi connectivity index (χ0v) is 22.8. The normalized spacial score (nSPS) is 14.9. The van der Waals surface area contributed by atoms with Crippen molar-refractivity contribution in [3.05, 3.63) is 66.0 Å². The van der Waals surface area contributed by atoms with Crippen LogP contribution in [0.15, 0.2) is 54.7 Å². The van der Waals surface area contributed by atoms with Crippen LogP contribution in [0, 0.1) is 6.92 Å². The highest BCUT2D eigenvalue weighted by Gasteiger charge is 2.25. The highest BCUT2D eigenvalue weighted by atomic mass is 16.5. The summed E-state index contributed by atoms with van der Waals surface area (Å²) in [6, 6.07) is 15.6. The Morgan fingerprint density at radius 3 is 2.59 bits per heavy atom. The van der Waals surface area contributed by atoms with Crippen LogP contribution in [0.25, 0.3) is 22.2 Å². The average Bonchev–Trinajstić information content (AvgIpc) is 3.62. The number of amides is 1. The van der Waals surface area contributed by atoms with Crippen LogP contribution in [-0.4, -0.2) is 66.2 Å². The summed E-state index contributed by atoms with van der Waals surface area (Å²) in [4.78, 5) is 20.6. The molecule has 5 rings (SSSR count). The molecule has 0 saturated carbocycles. The fourth-order valence-electron chi connectivity index (χ4n) is 4.97. The number of hydrogen-bond donors (Lipinski definition) is 0. The minimum absolute atomic E-state index is 0.00588. The van der Waals surface area contributed by atoms with Crippen LogP contribution >= 0.6 is 0 Å². The van der Waals surface area contributed by atoms with Gasteiger partial charge in [-0.15, -0.1) is 0 Å². The molecule has 2 aromatic heterocycles. The number of fused-ring (bicyclic) bond motifs is 1. The quantitative estimate of drug-likeness (QED) is 0.295. The Morgan fingerprint density at radius 1 is 1.08 bits per heavy atom. The van der Waals surface area contributed by atoms with E-state index in [9.17, 15) is 4.79 Å². The third kappa shape index (κ3) is 5.98. The number of pyridine rings is 1. The number of methoxy groups -OCH3 is 3. The maximum atomic E-state index is 13.6. The molecule has 9 heteroatoms. The predicted octanol–water partition coefficient (Wildman–Crippen LogP) is 4.64. The van der Waals surface area contributed by atoms with Gasteiger partial charge in [-0.05, 0) is 55.7 Å². The molecule has 39 heavy (non-hydrogen) atoms. The van der Waals surface area contributed by atoms with Gasteiger partial charge in [-0.2, -0.15) is 5.10 Å². The number of carbonyl (C=O) groups excluding carboxylic acids is 1. The van der Waals surface area contributed by atoms with E-state index in [1.165, 1.54) is 0 Å². The number of benzene rings is 2. The highest BCUT2D eigenvalue weighted by molar-refractivity contribution is 5.87. The van der Waals surface area contributed by atoms with Crippen molar-refractivity contribution in [1.82, 2.24) is 19.7 Å². The molecule has 3 heterocycles. The standard InChI is InChI=1S/C30H34N4O5/c1-20-10-11-34(32-20)19-29(35)33(18-25-9-6-12-39-25)17-23-13-22-15-27(37-3)28(38-4)16-26(22)31-30(23)21-7-5-8-24(14-21)36-2/h5,7-8,10-11,13-16,25H,6,9,12,17-19H2,1-4H3/t25-/m0/s1. The Bertz CT molecular complexity index is 1460. The van der Waals surface area contributed by atoms with Crippen LogP contribution in [0.2, 0.25) is 0 Å². The van der Waals surface area contributed by atoms with Gasteiger partial charge >= 0.3 is 0 Å². The van der Waals surface area contributed by atoms with Gasteiger partial charge in [0.15, 0.2) is 11.5 Å². The van der Waals surface area contributed by atoms with Crippen LogP contribution in [0.3, 0.4) is 0 Å². The summed E-state index contributed by atoms with van der Waals surface area (Å²) in [7, 11) is 4.86. The van der Waals surface area contributed by atoms with Gasteiger partial charge in [0, 0.05) is 42.9 Å². The van der Waals surface area contributed by atoms with Crippen molar-refractivity contribution < 1.29 is 23.7 Å². The van der Waals surface area contributed by atoms with E-state index in [0.29, 0.717) is 24.6 Å². The smallest absolute Gasteiger partial charge is 0.244 e. The number of carbonyl (C=O) groups is 1. The van der Waals surface area contributed by atoms with Crippen LogP contribution in [-0.2, 0) is 22.6 Å². The summed E-state index contributed by atoms with van der Waals surface area (Å²) in [6.07, 6.45) is 3.77. The van der Waals surface area contributed by atoms with Gasteiger partial charge in [-0.25, -0.2) is 4.98 Å². The van der Waals surface area contributed by atoms with Gasteiger partial charge in [-0.1, -0.05) is 12.1 Å². The van der Waals surface area contributed by atoms with Crippen molar-refractivity contribution in [2.24, 2.45) is 0 Å². The molecule has 204 valence electrons. The van der Waals surface area contributed by atoms with Gasteiger partial charge in [0.05, 0.1) is 44.3 Å².